The van der Waals surface area contributed by atoms with Gasteiger partial charge in [0.15, 0.2) is 0 Å². The molecule has 0 saturated heterocycles. The van der Waals surface area contributed by atoms with Crippen LogP contribution in [0.15, 0.2) is 17.5 Å². The third kappa shape index (κ3) is 4.25. The van der Waals surface area contributed by atoms with Gasteiger partial charge in [0.05, 0.1) is 0 Å². The normalized spacial score (nSPS) is 15.4. The van der Waals surface area contributed by atoms with Crippen LogP contribution >= 0.6 is 11.3 Å². The molecule has 0 aromatic carbocycles. The summed E-state index contributed by atoms with van der Waals surface area (Å²) in [6.07, 6.45) is 2.42. The average molecular weight is 211 g/mol. The fraction of sp³-hybridized carbons (Fsp3) is 0.667. The van der Waals surface area contributed by atoms with Crippen LogP contribution < -0.4 is 5.32 Å². The van der Waals surface area contributed by atoms with Crippen molar-refractivity contribution >= 4 is 11.3 Å². The predicted octanol–water partition coefficient (Wildman–Crippen LogP) is 3.31. The molecule has 0 fully saturated rings. The highest BCUT2D eigenvalue weighted by Crippen LogP contribution is 2.11. The molecule has 1 nitrogen and oxygen atoms in total. The molecule has 0 bridgehead atoms. The topological polar surface area (TPSA) is 12.0 Å². The molecule has 2 atom stereocenters. The van der Waals surface area contributed by atoms with E-state index >= 15 is 0 Å². The van der Waals surface area contributed by atoms with Gasteiger partial charge in [0.1, 0.15) is 0 Å². The molecule has 1 heterocycles. The summed E-state index contributed by atoms with van der Waals surface area (Å²) in [4.78, 5) is 1.48. The molecule has 0 spiro atoms. The Balaban J connectivity index is 2.19. The van der Waals surface area contributed by atoms with Crippen molar-refractivity contribution in [2.24, 2.45) is 5.92 Å². The van der Waals surface area contributed by atoms with E-state index in [1.165, 1.54) is 11.3 Å². The fourth-order valence-corrected chi connectivity index (χ4v) is 2.18. The molecule has 14 heavy (non-hydrogen) atoms. The van der Waals surface area contributed by atoms with Crippen LogP contribution in [-0.4, -0.2) is 12.6 Å². The second-order valence-electron chi connectivity index (χ2n) is 4.11. The maximum atomic E-state index is 3.58. The van der Waals surface area contributed by atoms with Crippen LogP contribution in [0.3, 0.4) is 0 Å². The standard InChI is InChI=1S/C12H21NS/c1-4-10(2)9-13-11(3)8-12-6-5-7-14-12/h5-7,10-11,13H,4,8-9H2,1-3H3. The van der Waals surface area contributed by atoms with Gasteiger partial charge in [0.2, 0.25) is 0 Å². The summed E-state index contributed by atoms with van der Waals surface area (Å²) in [6, 6.07) is 4.94. The molecule has 1 aromatic rings. The van der Waals surface area contributed by atoms with Crippen molar-refractivity contribution in [3.63, 3.8) is 0 Å². The summed E-state index contributed by atoms with van der Waals surface area (Å²) in [5.41, 5.74) is 0. The number of nitrogens with one attached hydrogen (secondary N) is 1. The first-order valence-electron chi connectivity index (χ1n) is 5.48. The highest BCUT2D eigenvalue weighted by molar-refractivity contribution is 7.09. The largest absolute Gasteiger partial charge is 0.314 e. The molecule has 0 aliphatic rings. The summed E-state index contributed by atoms with van der Waals surface area (Å²) >= 11 is 1.85. The van der Waals surface area contributed by atoms with Gasteiger partial charge in [-0.15, -0.1) is 11.3 Å². The SMILES string of the molecule is CCC(C)CNC(C)Cc1cccs1. The fourth-order valence-electron chi connectivity index (χ4n) is 1.35. The lowest BCUT2D eigenvalue weighted by Gasteiger charge is -2.15. The van der Waals surface area contributed by atoms with Gasteiger partial charge in [-0.1, -0.05) is 26.3 Å². The molecule has 2 heteroatoms. The van der Waals surface area contributed by atoms with Crippen LogP contribution in [0.5, 0.6) is 0 Å². The molecule has 0 aliphatic carbocycles. The van der Waals surface area contributed by atoms with E-state index in [4.69, 9.17) is 0 Å². The number of thiophene rings is 1. The van der Waals surface area contributed by atoms with Crippen molar-refractivity contribution in [3.8, 4) is 0 Å². The van der Waals surface area contributed by atoms with Crippen LogP contribution in [0.4, 0.5) is 0 Å². The Hall–Kier alpha value is -0.340. The van der Waals surface area contributed by atoms with Crippen molar-refractivity contribution < 1.29 is 0 Å². The van der Waals surface area contributed by atoms with Gasteiger partial charge in [0, 0.05) is 10.9 Å². The van der Waals surface area contributed by atoms with Gasteiger partial charge in [-0.25, -0.2) is 0 Å². The van der Waals surface area contributed by atoms with Gasteiger partial charge in [-0.2, -0.15) is 0 Å². The average Bonchev–Trinajstić information content (AvgIpc) is 2.66. The van der Waals surface area contributed by atoms with E-state index in [0.717, 1.165) is 18.9 Å². The Morgan fingerprint density at radius 3 is 2.79 bits per heavy atom. The Bertz CT molecular complexity index is 230. The smallest absolute Gasteiger partial charge is 0.00871 e. The zero-order valence-corrected chi connectivity index (χ0v) is 10.2. The van der Waals surface area contributed by atoms with E-state index in [2.05, 4.69) is 43.6 Å². The second-order valence-corrected chi connectivity index (χ2v) is 5.14. The first kappa shape index (κ1) is 11.7. The predicted molar refractivity (Wildman–Crippen MR) is 64.9 cm³/mol. The Kier molecular flexibility index (Phi) is 5.20. The number of rotatable bonds is 6. The van der Waals surface area contributed by atoms with Crippen molar-refractivity contribution in [1.29, 1.82) is 0 Å². The molecule has 1 N–H and O–H groups in total. The lowest BCUT2D eigenvalue weighted by atomic mass is 10.1. The minimum Gasteiger partial charge on any atom is -0.314 e. The third-order valence-electron chi connectivity index (χ3n) is 2.60. The van der Waals surface area contributed by atoms with Crippen LogP contribution in [0.1, 0.15) is 32.1 Å². The summed E-state index contributed by atoms with van der Waals surface area (Å²) in [5.74, 6) is 0.792. The lowest BCUT2D eigenvalue weighted by molar-refractivity contribution is 0.452. The minimum absolute atomic E-state index is 0.600. The number of hydrogen-bond donors (Lipinski definition) is 1. The number of hydrogen-bond acceptors (Lipinski definition) is 2. The van der Waals surface area contributed by atoms with Crippen molar-refractivity contribution in [2.45, 2.75) is 39.7 Å². The van der Waals surface area contributed by atoms with E-state index in [9.17, 15) is 0 Å². The van der Waals surface area contributed by atoms with Gasteiger partial charge in [-0.05, 0) is 37.3 Å². The van der Waals surface area contributed by atoms with Gasteiger partial charge in [0.25, 0.3) is 0 Å². The maximum Gasteiger partial charge on any atom is 0.00871 e. The molecule has 1 aromatic heterocycles. The monoisotopic (exact) mass is 211 g/mol. The second kappa shape index (κ2) is 6.20. The zero-order chi connectivity index (χ0) is 10.4. The quantitative estimate of drug-likeness (QED) is 0.761. The van der Waals surface area contributed by atoms with E-state index < -0.39 is 0 Å². The van der Waals surface area contributed by atoms with E-state index in [0.29, 0.717) is 6.04 Å². The van der Waals surface area contributed by atoms with Crippen molar-refractivity contribution in [2.75, 3.05) is 6.54 Å². The van der Waals surface area contributed by atoms with Crippen molar-refractivity contribution in [1.82, 2.24) is 5.32 Å². The maximum absolute atomic E-state index is 3.58. The summed E-state index contributed by atoms with van der Waals surface area (Å²) in [6.45, 7) is 7.95. The van der Waals surface area contributed by atoms with Crippen molar-refractivity contribution in [3.05, 3.63) is 22.4 Å². The molecule has 0 saturated carbocycles. The first-order valence-corrected chi connectivity index (χ1v) is 6.36. The minimum atomic E-state index is 0.600. The zero-order valence-electron chi connectivity index (χ0n) is 9.42. The third-order valence-corrected chi connectivity index (χ3v) is 3.50. The van der Waals surface area contributed by atoms with Crippen LogP contribution in [-0.2, 0) is 6.42 Å². The lowest BCUT2D eigenvalue weighted by Crippen LogP contribution is -2.31. The first-order chi connectivity index (χ1) is 6.72. The Morgan fingerprint density at radius 1 is 1.43 bits per heavy atom. The molecular formula is C12H21NS. The van der Waals surface area contributed by atoms with Gasteiger partial charge >= 0.3 is 0 Å². The van der Waals surface area contributed by atoms with E-state index in [1.54, 1.807) is 0 Å². The molecule has 0 aliphatic heterocycles. The molecule has 80 valence electrons. The molecule has 1 rings (SSSR count). The molecular weight excluding hydrogens is 190 g/mol. The van der Waals surface area contributed by atoms with Gasteiger partial charge < -0.3 is 5.32 Å². The summed E-state index contributed by atoms with van der Waals surface area (Å²) in [7, 11) is 0. The van der Waals surface area contributed by atoms with Gasteiger partial charge in [-0.3, -0.25) is 0 Å². The Morgan fingerprint density at radius 2 is 2.21 bits per heavy atom. The van der Waals surface area contributed by atoms with E-state index in [1.807, 2.05) is 11.3 Å². The molecule has 0 amide bonds. The molecule has 0 radical (unpaired) electrons. The highest BCUT2D eigenvalue weighted by Gasteiger charge is 2.05. The molecule has 2 unspecified atom stereocenters. The summed E-state index contributed by atoms with van der Waals surface area (Å²) in [5, 5.41) is 5.73. The van der Waals surface area contributed by atoms with E-state index in [-0.39, 0.29) is 0 Å². The van der Waals surface area contributed by atoms with Crippen LogP contribution in [0, 0.1) is 5.92 Å². The Labute approximate surface area is 91.5 Å². The highest BCUT2D eigenvalue weighted by atomic mass is 32.1. The van der Waals surface area contributed by atoms with Crippen LogP contribution in [0.2, 0.25) is 0 Å². The van der Waals surface area contributed by atoms with Crippen LogP contribution in [0.25, 0.3) is 0 Å². The summed E-state index contributed by atoms with van der Waals surface area (Å²) < 4.78 is 0.